The summed E-state index contributed by atoms with van der Waals surface area (Å²) in [6.07, 6.45) is -0.223. The molecule has 8 nitrogen and oxygen atoms in total. The number of hydrogen-bond donors (Lipinski definition) is 2. The fraction of sp³-hybridized carbons (Fsp3) is 0.438. The lowest BCUT2D eigenvalue weighted by Gasteiger charge is -2.24. The minimum atomic E-state index is -0.975. The van der Waals surface area contributed by atoms with Crippen LogP contribution in [0.5, 0.6) is 0 Å². The van der Waals surface area contributed by atoms with Crippen LogP contribution < -0.4 is 16.4 Å². The van der Waals surface area contributed by atoms with Crippen molar-refractivity contribution >= 4 is 23.6 Å². The van der Waals surface area contributed by atoms with Crippen LogP contribution in [0.4, 0.5) is 14.9 Å². The van der Waals surface area contributed by atoms with Crippen molar-refractivity contribution in [2.45, 2.75) is 20.0 Å². The Morgan fingerprint density at radius 1 is 1.24 bits per heavy atom. The lowest BCUT2D eigenvalue weighted by molar-refractivity contribution is -0.128. The summed E-state index contributed by atoms with van der Waals surface area (Å²) in [6.45, 7) is 3.62. The van der Waals surface area contributed by atoms with Gasteiger partial charge in [-0.3, -0.25) is 4.79 Å². The fourth-order valence-corrected chi connectivity index (χ4v) is 2.67. The highest BCUT2D eigenvalue weighted by molar-refractivity contribution is 5.87. The first kappa shape index (κ1) is 18.5. The predicted octanol–water partition coefficient (Wildman–Crippen LogP) is 0.794. The molecule has 4 N–H and O–H groups in total. The zero-order valence-electron chi connectivity index (χ0n) is 14.1. The first-order valence-corrected chi connectivity index (χ1v) is 7.92. The van der Waals surface area contributed by atoms with Gasteiger partial charge in [-0.15, -0.1) is 4.99 Å². The van der Waals surface area contributed by atoms with E-state index < -0.39 is 17.9 Å². The van der Waals surface area contributed by atoms with E-state index in [9.17, 15) is 14.0 Å². The number of aliphatic imine (C=N–C) groups is 1. The van der Waals surface area contributed by atoms with E-state index in [0.29, 0.717) is 31.9 Å². The number of rotatable bonds is 3. The van der Waals surface area contributed by atoms with E-state index in [1.807, 2.05) is 4.90 Å². The number of nitrogens with two attached hydrogens (primary N) is 2. The van der Waals surface area contributed by atoms with Gasteiger partial charge in [0.2, 0.25) is 5.91 Å². The standard InChI is InChI=1S/C16H22FN5O3/c1-11(23)21-6-3-7-22(9-8-21)13-5-2-4-12(14(13)17)10-25-16(24)20-15(18)19/h2,4-5H,3,6-10H2,1H3,(H4,18,19,20,24). The van der Waals surface area contributed by atoms with E-state index in [0.717, 1.165) is 6.42 Å². The molecule has 1 heterocycles. The third-order valence-corrected chi connectivity index (χ3v) is 3.91. The summed E-state index contributed by atoms with van der Waals surface area (Å²) in [5.41, 5.74) is 10.8. The number of anilines is 1. The summed E-state index contributed by atoms with van der Waals surface area (Å²) in [5.74, 6) is -0.863. The van der Waals surface area contributed by atoms with Crippen LogP contribution in [0.3, 0.4) is 0 Å². The Balaban J connectivity index is 2.08. The Bertz CT molecular complexity index is 676. The lowest BCUT2D eigenvalue weighted by Crippen LogP contribution is -2.33. The molecule has 2 rings (SSSR count). The molecule has 2 amide bonds. The van der Waals surface area contributed by atoms with Crippen molar-refractivity contribution in [1.82, 2.24) is 4.90 Å². The minimum absolute atomic E-state index is 0.0164. The van der Waals surface area contributed by atoms with Crippen molar-refractivity contribution in [2.75, 3.05) is 31.1 Å². The molecule has 1 aromatic rings. The number of guanidine groups is 1. The maximum absolute atomic E-state index is 14.8. The lowest BCUT2D eigenvalue weighted by atomic mass is 10.1. The summed E-state index contributed by atoms with van der Waals surface area (Å²) in [5, 5.41) is 0. The number of benzene rings is 1. The first-order chi connectivity index (χ1) is 11.9. The summed E-state index contributed by atoms with van der Waals surface area (Å²) < 4.78 is 19.6. The maximum Gasteiger partial charge on any atom is 0.437 e. The van der Waals surface area contributed by atoms with Gasteiger partial charge in [0, 0.05) is 38.7 Å². The van der Waals surface area contributed by atoms with Crippen molar-refractivity contribution in [1.29, 1.82) is 0 Å². The minimum Gasteiger partial charge on any atom is -0.443 e. The molecule has 0 aromatic heterocycles. The van der Waals surface area contributed by atoms with Gasteiger partial charge in [-0.05, 0) is 12.5 Å². The molecule has 1 aliphatic rings. The average Bonchev–Trinajstić information content (AvgIpc) is 2.79. The van der Waals surface area contributed by atoms with Gasteiger partial charge in [-0.2, -0.15) is 0 Å². The Labute approximate surface area is 145 Å². The van der Waals surface area contributed by atoms with Gasteiger partial charge >= 0.3 is 6.09 Å². The highest BCUT2D eigenvalue weighted by atomic mass is 19.1. The summed E-state index contributed by atoms with van der Waals surface area (Å²) >= 11 is 0. The summed E-state index contributed by atoms with van der Waals surface area (Å²) in [7, 11) is 0. The second kappa shape index (κ2) is 8.32. The van der Waals surface area contributed by atoms with E-state index in [2.05, 4.69) is 4.99 Å². The molecular weight excluding hydrogens is 329 g/mol. The Kier molecular flexibility index (Phi) is 6.15. The molecule has 0 saturated carbocycles. The largest absolute Gasteiger partial charge is 0.443 e. The average molecular weight is 351 g/mol. The van der Waals surface area contributed by atoms with Crippen molar-refractivity contribution < 1.29 is 18.7 Å². The Morgan fingerprint density at radius 2 is 2.00 bits per heavy atom. The van der Waals surface area contributed by atoms with E-state index in [4.69, 9.17) is 16.2 Å². The number of amides is 2. The molecule has 136 valence electrons. The van der Waals surface area contributed by atoms with Crippen LogP contribution in [0.2, 0.25) is 0 Å². The van der Waals surface area contributed by atoms with Crippen molar-refractivity contribution in [3.8, 4) is 0 Å². The second-order valence-electron chi connectivity index (χ2n) is 5.69. The SMILES string of the molecule is CC(=O)N1CCCN(c2cccc(COC(=O)N=C(N)N)c2F)CC1. The summed E-state index contributed by atoms with van der Waals surface area (Å²) in [6, 6.07) is 4.89. The molecule has 0 unspecified atom stereocenters. The third kappa shape index (κ3) is 5.07. The van der Waals surface area contributed by atoms with Crippen molar-refractivity contribution in [2.24, 2.45) is 16.5 Å². The Morgan fingerprint density at radius 3 is 2.68 bits per heavy atom. The molecule has 1 saturated heterocycles. The number of nitrogens with zero attached hydrogens (tertiary/aromatic N) is 3. The fourth-order valence-electron chi connectivity index (χ4n) is 2.67. The topological polar surface area (TPSA) is 114 Å². The van der Waals surface area contributed by atoms with Crippen molar-refractivity contribution in [3.63, 3.8) is 0 Å². The molecule has 0 aliphatic carbocycles. The highest BCUT2D eigenvalue weighted by Crippen LogP contribution is 2.24. The first-order valence-electron chi connectivity index (χ1n) is 7.92. The molecular formula is C16H22FN5O3. The Hall–Kier alpha value is -2.84. The maximum atomic E-state index is 14.8. The molecule has 0 bridgehead atoms. The van der Waals surface area contributed by atoms with E-state index in [1.165, 1.54) is 13.0 Å². The number of carbonyl (C=O) groups excluding carboxylic acids is 2. The van der Waals surface area contributed by atoms with Gasteiger partial charge in [-0.1, -0.05) is 12.1 Å². The third-order valence-electron chi connectivity index (χ3n) is 3.91. The van der Waals surface area contributed by atoms with E-state index >= 15 is 0 Å². The number of carbonyl (C=O) groups is 2. The normalized spacial score (nSPS) is 14.6. The number of hydrogen-bond acceptors (Lipinski definition) is 4. The van der Waals surface area contributed by atoms with Crippen LogP contribution >= 0.6 is 0 Å². The van der Waals surface area contributed by atoms with Crippen LogP contribution in [0.15, 0.2) is 23.2 Å². The quantitative estimate of drug-likeness (QED) is 0.615. The molecule has 0 spiro atoms. The second-order valence-corrected chi connectivity index (χ2v) is 5.69. The number of ether oxygens (including phenoxy) is 1. The molecule has 0 radical (unpaired) electrons. The smallest absolute Gasteiger partial charge is 0.437 e. The van der Waals surface area contributed by atoms with Crippen LogP contribution in [-0.2, 0) is 16.1 Å². The zero-order valence-corrected chi connectivity index (χ0v) is 14.1. The molecule has 9 heteroatoms. The van der Waals surface area contributed by atoms with Gasteiger partial charge in [0.05, 0.1) is 5.69 Å². The van der Waals surface area contributed by atoms with Crippen LogP contribution in [-0.4, -0.2) is 49.0 Å². The highest BCUT2D eigenvalue weighted by Gasteiger charge is 2.20. The number of halogens is 1. The van der Waals surface area contributed by atoms with Gasteiger partial charge in [0.25, 0.3) is 0 Å². The molecule has 1 fully saturated rings. The van der Waals surface area contributed by atoms with Crippen LogP contribution in [0.1, 0.15) is 18.9 Å². The van der Waals surface area contributed by atoms with Gasteiger partial charge in [0.15, 0.2) is 11.8 Å². The molecule has 1 aromatic carbocycles. The van der Waals surface area contributed by atoms with Crippen LogP contribution in [0, 0.1) is 5.82 Å². The molecule has 25 heavy (non-hydrogen) atoms. The van der Waals surface area contributed by atoms with E-state index in [1.54, 1.807) is 17.0 Å². The van der Waals surface area contributed by atoms with Gasteiger partial charge in [0.1, 0.15) is 6.61 Å². The predicted molar refractivity (Wildman–Crippen MR) is 91.5 cm³/mol. The monoisotopic (exact) mass is 351 g/mol. The van der Waals surface area contributed by atoms with Crippen LogP contribution in [0.25, 0.3) is 0 Å². The van der Waals surface area contributed by atoms with E-state index in [-0.39, 0.29) is 18.1 Å². The summed E-state index contributed by atoms with van der Waals surface area (Å²) in [4.78, 5) is 29.7. The zero-order chi connectivity index (χ0) is 18.4. The molecule has 0 atom stereocenters. The van der Waals surface area contributed by atoms with Gasteiger partial charge < -0.3 is 26.0 Å². The molecule has 1 aliphatic heterocycles. The van der Waals surface area contributed by atoms with Crippen molar-refractivity contribution in [3.05, 3.63) is 29.6 Å². The van der Waals surface area contributed by atoms with Gasteiger partial charge in [-0.25, -0.2) is 9.18 Å².